The first-order valence-electron chi connectivity index (χ1n) is 11.0. The smallest absolute Gasteiger partial charge is 0.238 e. The number of benzene rings is 2. The van der Waals surface area contributed by atoms with Gasteiger partial charge in [0.2, 0.25) is 16.0 Å². The maximum absolute atomic E-state index is 12.2. The number of anilines is 3. The summed E-state index contributed by atoms with van der Waals surface area (Å²) in [6, 6.07) is 11.3. The van der Waals surface area contributed by atoms with E-state index in [0.717, 1.165) is 30.8 Å². The molecule has 0 atom stereocenters. The zero-order valence-electron chi connectivity index (χ0n) is 19.4. The fourth-order valence-electron chi connectivity index (χ4n) is 4.23. The second-order valence-electron chi connectivity index (χ2n) is 9.36. The molecular formula is C24H29ClN6O2S. The van der Waals surface area contributed by atoms with E-state index in [0.29, 0.717) is 28.9 Å². The lowest BCUT2D eigenvalue weighted by Crippen LogP contribution is -2.24. The number of rotatable bonds is 6. The maximum Gasteiger partial charge on any atom is 0.238 e. The van der Waals surface area contributed by atoms with Gasteiger partial charge >= 0.3 is 0 Å². The summed E-state index contributed by atoms with van der Waals surface area (Å²) in [5.74, 6) is 0.859. The van der Waals surface area contributed by atoms with Crippen molar-refractivity contribution in [2.75, 3.05) is 17.2 Å². The molecule has 4 rings (SSSR count). The van der Waals surface area contributed by atoms with Gasteiger partial charge in [-0.3, -0.25) is 0 Å². The van der Waals surface area contributed by atoms with Crippen molar-refractivity contribution in [2.24, 2.45) is 5.14 Å². The minimum Gasteiger partial charge on any atom is -0.365 e. The van der Waals surface area contributed by atoms with E-state index in [9.17, 15) is 8.42 Å². The van der Waals surface area contributed by atoms with E-state index in [4.69, 9.17) is 16.7 Å². The number of hydrogen-bond acceptors (Lipinski definition) is 7. The van der Waals surface area contributed by atoms with Gasteiger partial charge in [-0.2, -0.15) is 4.98 Å². The quantitative estimate of drug-likeness (QED) is 0.402. The molecule has 1 aliphatic heterocycles. The van der Waals surface area contributed by atoms with E-state index in [-0.39, 0.29) is 4.90 Å². The van der Waals surface area contributed by atoms with Crippen LogP contribution in [-0.4, -0.2) is 24.9 Å². The molecule has 0 fully saturated rings. The third-order valence-corrected chi connectivity index (χ3v) is 6.94. The molecule has 180 valence electrons. The predicted molar refractivity (Wildman–Crippen MR) is 136 cm³/mol. The zero-order valence-corrected chi connectivity index (χ0v) is 21.0. The minimum absolute atomic E-state index is 0.123. The van der Waals surface area contributed by atoms with Crippen LogP contribution < -0.4 is 21.1 Å². The van der Waals surface area contributed by atoms with Crippen molar-refractivity contribution in [1.82, 2.24) is 15.3 Å². The highest BCUT2D eigenvalue weighted by Crippen LogP contribution is 2.32. The summed E-state index contributed by atoms with van der Waals surface area (Å²) in [4.78, 5) is 8.96. The summed E-state index contributed by atoms with van der Waals surface area (Å²) in [6.45, 7) is 8.02. The standard InChI is InChI=1S/C24H29ClN6O2S/c1-24(2,3)21-17(5-4-6-20(21)34(26,32)33)13-28-22-19(25)14-29-23(31-22)30-18-8-7-16-12-27-10-9-15(16)11-18/h4-8,11,14,27H,9-10,12-13H2,1-3H3,(H2,26,32,33)(H2,28,29,30,31). The Morgan fingerprint density at radius 2 is 1.97 bits per heavy atom. The van der Waals surface area contributed by atoms with Crippen LogP contribution in [0.2, 0.25) is 5.02 Å². The highest BCUT2D eigenvalue weighted by atomic mass is 35.5. The molecule has 0 saturated carbocycles. The fraction of sp³-hybridized carbons (Fsp3) is 0.333. The van der Waals surface area contributed by atoms with Crippen LogP contribution in [0, 0.1) is 0 Å². The highest BCUT2D eigenvalue weighted by molar-refractivity contribution is 7.89. The minimum atomic E-state index is -3.87. The number of nitrogens with one attached hydrogen (secondary N) is 3. The largest absolute Gasteiger partial charge is 0.365 e. The molecule has 8 nitrogen and oxygen atoms in total. The average molecular weight is 501 g/mol. The van der Waals surface area contributed by atoms with E-state index in [1.807, 2.05) is 32.9 Å². The lowest BCUT2D eigenvalue weighted by atomic mass is 9.83. The highest BCUT2D eigenvalue weighted by Gasteiger charge is 2.26. The summed E-state index contributed by atoms with van der Waals surface area (Å²) >= 11 is 6.36. The Morgan fingerprint density at radius 3 is 2.71 bits per heavy atom. The Labute approximate surface area is 205 Å². The molecule has 0 unspecified atom stereocenters. The van der Waals surface area contributed by atoms with Crippen LogP contribution >= 0.6 is 11.6 Å². The Hall–Kier alpha value is -2.72. The van der Waals surface area contributed by atoms with Crippen LogP contribution in [0.5, 0.6) is 0 Å². The molecule has 0 bridgehead atoms. The summed E-state index contributed by atoms with van der Waals surface area (Å²) in [7, 11) is -3.87. The second-order valence-corrected chi connectivity index (χ2v) is 11.3. The third kappa shape index (κ3) is 5.50. The van der Waals surface area contributed by atoms with Gasteiger partial charge in [0.15, 0.2) is 5.82 Å². The molecule has 3 aromatic rings. The Kier molecular flexibility index (Phi) is 6.82. The molecule has 2 heterocycles. The number of halogens is 1. The van der Waals surface area contributed by atoms with E-state index < -0.39 is 15.4 Å². The van der Waals surface area contributed by atoms with Crippen LogP contribution in [0.1, 0.15) is 43.0 Å². The molecule has 1 aromatic heterocycles. The number of sulfonamides is 1. The molecule has 0 aliphatic carbocycles. The van der Waals surface area contributed by atoms with Crippen LogP contribution in [0.15, 0.2) is 47.5 Å². The van der Waals surface area contributed by atoms with Gasteiger partial charge in [0, 0.05) is 18.8 Å². The number of nitrogens with two attached hydrogens (primary N) is 1. The van der Waals surface area contributed by atoms with Crippen molar-refractivity contribution in [3.63, 3.8) is 0 Å². The van der Waals surface area contributed by atoms with Gasteiger partial charge < -0.3 is 16.0 Å². The summed E-state index contributed by atoms with van der Waals surface area (Å²) in [5, 5.41) is 15.7. The normalized spacial score (nSPS) is 13.9. The number of hydrogen-bond donors (Lipinski definition) is 4. The Bertz CT molecular complexity index is 1320. The van der Waals surface area contributed by atoms with E-state index in [1.165, 1.54) is 23.4 Å². The van der Waals surface area contributed by atoms with Crippen molar-refractivity contribution in [2.45, 2.75) is 50.6 Å². The van der Waals surface area contributed by atoms with Gasteiger partial charge in [0.05, 0.1) is 11.1 Å². The molecular weight excluding hydrogens is 472 g/mol. The van der Waals surface area contributed by atoms with Crippen molar-refractivity contribution in [3.05, 3.63) is 69.9 Å². The average Bonchev–Trinajstić information content (AvgIpc) is 2.78. The van der Waals surface area contributed by atoms with Gasteiger partial charge in [0.1, 0.15) is 5.02 Å². The van der Waals surface area contributed by atoms with Crippen molar-refractivity contribution >= 4 is 39.1 Å². The maximum atomic E-state index is 12.2. The first kappa shape index (κ1) is 24.4. The van der Waals surface area contributed by atoms with Gasteiger partial charge in [-0.15, -0.1) is 0 Å². The van der Waals surface area contributed by atoms with Crippen LogP contribution in [0.4, 0.5) is 17.5 Å². The molecule has 0 amide bonds. The molecule has 0 spiro atoms. The van der Waals surface area contributed by atoms with Crippen LogP contribution in [0.3, 0.4) is 0 Å². The number of fused-ring (bicyclic) bond motifs is 1. The summed E-state index contributed by atoms with van der Waals surface area (Å²) in [6.07, 6.45) is 2.51. The van der Waals surface area contributed by atoms with E-state index >= 15 is 0 Å². The lowest BCUT2D eigenvalue weighted by Gasteiger charge is -2.26. The van der Waals surface area contributed by atoms with Gasteiger partial charge in [0.25, 0.3) is 0 Å². The summed E-state index contributed by atoms with van der Waals surface area (Å²) < 4.78 is 24.4. The SMILES string of the molecule is CC(C)(C)c1c(CNc2nc(Nc3ccc4c(c3)CCNC4)ncc2Cl)cccc1S(N)(=O)=O. The van der Waals surface area contributed by atoms with Crippen LogP contribution in [0.25, 0.3) is 0 Å². The number of primary sulfonamides is 1. The monoisotopic (exact) mass is 500 g/mol. The molecule has 1 aliphatic rings. The number of aromatic nitrogens is 2. The summed E-state index contributed by atoms with van der Waals surface area (Å²) in [5.41, 5.74) is 4.53. The zero-order chi connectivity index (χ0) is 24.5. The number of nitrogens with zero attached hydrogens (tertiary/aromatic N) is 2. The molecule has 0 radical (unpaired) electrons. The van der Waals surface area contributed by atoms with Crippen molar-refractivity contribution in [3.8, 4) is 0 Å². The molecule has 5 N–H and O–H groups in total. The third-order valence-electron chi connectivity index (χ3n) is 5.71. The lowest BCUT2D eigenvalue weighted by molar-refractivity contribution is 0.556. The van der Waals surface area contributed by atoms with E-state index in [2.05, 4.69) is 38.1 Å². The second kappa shape index (κ2) is 9.50. The topological polar surface area (TPSA) is 122 Å². The first-order chi connectivity index (χ1) is 16.0. The van der Waals surface area contributed by atoms with E-state index in [1.54, 1.807) is 6.07 Å². The Morgan fingerprint density at radius 1 is 1.18 bits per heavy atom. The Balaban J connectivity index is 1.57. The molecule has 0 saturated heterocycles. The van der Waals surface area contributed by atoms with Gasteiger partial charge in [-0.05, 0) is 58.8 Å². The van der Waals surface area contributed by atoms with Crippen LogP contribution in [-0.2, 0) is 34.9 Å². The van der Waals surface area contributed by atoms with Gasteiger partial charge in [-0.1, -0.05) is 50.6 Å². The van der Waals surface area contributed by atoms with Crippen molar-refractivity contribution in [1.29, 1.82) is 0 Å². The first-order valence-corrected chi connectivity index (χ1v) is 13.0. The fourth-order valence-corrected chi connectivity index (χ4v) is 5.37. The molecule has 34 heavy (non-hydrogen) atoms. The van der Waals surface area contributed by atoms with Crippen molar-refractivity contribution < 1.29 is 8.42 Å². The predicted octanol–water partition coefficient (Wildman–Crippen LogP) is 4.08. The van der Waals surface area contributed by atoms with Gasteiger partial charge in [-0.25, -0.2) is 18.5 Å². The molecule has 10 heteroatoms. The molecule has 2 aromatic carbocycles.